The van der Waals surface area contributed by atoms with Crippen molar-refractivity contribution in [3.05, 3.63) is 59.3 Å². The smallest absolute Gasteiger partial charge is 0.354 e. The molecular weight excluding hydrogens is 268 g/mol. The molecule has 5 nitrogen and oxygen atoms in total. The number of nitrogens with zero attached hydrogens (tertiary/aromatic N) is 1. The molecule has 2 aromatic rings. The summed E-state index contributed by atoms with van der Waals surface area (Å²) in [5.74, 6) is -1.05. The van der Waals surface area contributed by atoms with Crippen molar-refractivity contribution in [3.63, 3.8) is 0 Å². The van der Waals surface area contributed by atoms with Crippen molar-refractivity contribution in [2.45, 2.75) is 19.8 Å². The van der Waals surface area contributed by atoms with E-state index in [-0.39, 0.29) is 17.4 Å². The highest BCUT2D eigenvalue weighted by atomic mass is 16.4. The molecule has 2 rings (SSSR count). The van der Waals surface area contributed by atoms with Gasteiger partial charge < -0.3 is 10.4 Å². The lowest BCUT2D eigenvalue weighted by Crippen LogP contribution is -2.14. The quantitative estimate of drug-likeness (QED) is 0.884. The Kier molecular flexibility index (Phi) is 4.66. The Hall–Kier alpha value is -2.69. The fourth-order valence-electron chi connectivity index (χ4n) is 1.95. The molecule has 0 aliphatic heterocycles. The first-order chi connectivity index (χ1) is 10.0. The number of aryl methyl sites for hydroxylation is 2. The van der Waals surface area contributed by atoms with Gasteiger partial charge in [-0.3, -0.25) is 4.79 Å². The zero-order chi connectivity index (χ0) is 15.2. The summed E-state index contributed by atoms with van der Waals surface area (Å²) in [5.41, 5.74) is 2.16. The molecule has 5 heteroatoms. The second kappa shape index (κ2) is 6.65. The topological polar surface area (TPSA) is 79.3 Å². The predicted molar refractivity (Wildman–Crippen MR) is 79.3 cm³/mol. The van der Waals surface area contributed by atoms with Gasteiger partial charge in [0.1, 0.15) is 5.82 Å². The number of rotatable bonds is 5. The normalized spacial score (nSPS) is 10.1. The molecule has 0 fully saturated rings. The van der Waals surface area contributed by atoms with Crippen LogP contribution in [0.1, 0.15) is 28.0 Å². The maximum absolute atomic E-state index is 11.9. The zero-order valence-corrected chi connectivity index (χ0v) is 11.7. The van der Waals surface area contributed by atoms with Crippen LogP contribution in [0.2, 0.25) is 0 Å². The standard InChI is InChI=1S/C16H16N2O3/c1-11-4-2-5-12(10-11)8-9-15(19)18-14-7-3-6-13(17-14)16(20)21/h2-7,10H,8-9H2,1H3,(H,20,21)(H,17,18,19). The van der Waals surface area contributed by atoms with E-state index in [4.69, 9.17) is 5.11 Å². The summed E-state index contributed by atoms with van der Waals surface area (Å²) in [5, 5.41) is 11.5. The van der Waals surface area contributed by atoms with E-state index < -0.39 is 5.97 Å². The van der Waals surface area contributed by atoms with E-state index in [9.17, 15) is 9.59 Å². The van der Waals surface area contributed by atoms with Crippen LogP contribution in [-0.4, -0.2) is 22.0 Å². The molecule has 0 aliphatic rings. The average Bonchev–Trinajstić information content (AvgIpc) is 2.45. The summed E-state index contributed by atoms with van der Waals surface area (Å²) < 4.78 is 0. The van der Waals surface area contributed by atoms with Gasteiger partial charge in [0.05, 0.1) is 0 Å². The van der Waals surface area contributed by atoms with E-state index >= 15 is 0 Å². The van der Waals surface area contributed by atoms with Crippen LogP contribution in [0.25, 0.3) is 0 Å². The monoisotopic (exact) mass is 284 g/mol. The summed E-state index contributed by atoms with van der Waals surface area (Å²) in [6.07, 6.45) is 0.953. The number of benzene rings is 1. The van der Waals surface area contributed by atoms with Crippen LogP contribution in [0, 0.1) is 6.92 Å². The van der Waals surface area contributed by atoms with E-state index in [1.807, 2.05) is 31.2 Å². The number of aromatic carboxylic acids is 1. The number of carbonyl (C=O) groups excluding carboxylic acids is 1. The van der Waals surface area contributed by atoms with Gasteiger partial charge in [-0.05, 0) is 31.0 Å². The van der Waals surface area contributed by atoms with Crippen LogP contribution >= 0.6 is 0 Å². The van der Waals surface area contributed by atoms with E-state index in [1.54, 1.807) is 12.1 Å². The minimum absolute atomic E-state index is 0.0912. The van der Waals surface area contributed by atoms with Crippen LogP contribution in [0.3, 0.4) is 0 Å². The van der Waals surface area contributed by atoms with Gasteiger partial charge in [-0.25, -0.2) is 9.78 Å². The van der Waals surface area contributed by atoms with Crippen LogP contribution < -0.4 is 5.32 Å². The predicted octanol–water partition coefficient (Wildman–Crippen LogP) is 2.66. The fourth-order valence-corrected chi connectivity index (χ4v) is 1.95. The minimum Gasteiger partial charge on any atom is -0.477 e. The van der Waals surface area contributed by atoms with E-state index in [1.165, 1.54) is 6.07 Å². The first-order valence-corrected chi connectivity index (χ1v) is 6.60. The molecule has 0 saturated carbocycles. The third-order valence-corrected chi connectivity index (χ3v) is 2.96. The van der Waals surface area contributed by atoms with Gasteiger partial charge in [0.2, 0.25) is 5.91 Å². The molecule has 2 N–H and O–H groups in total. The van der Waals surface area contributed by atoms with Gasteiger partial charge in [0, 0.05) is 6.42 Å². The SMILES string of the molecule is Cc1cccc(CCC(=O)Nc2cccc(C(=O)O)n2)c1. The first kappa shape index (κ1) is 14.7. The molecule has 1 amide bonds. The van der Waals surface area contributed by atoms with Gasteiger partial charge in [0.15, 0.2) is 5.69 Å². The van der Waals surface area contributed by atoms with Crippen molar-refractivity contribution in [2.75, 3.05) is 5.32 Å². The molecule has 21 heavy (non-hydrogen) atoms. The highest BCUT2D eigenvalue weighted by molar-refractivity contribution is 5.91. The van der Waals surface area contributed by atoms with Crippen molar-refractivity contribution in [1.82, 2.24) is 4.98 Å². The molecule has 1 aromatic heterocycles. The Balaban J connectivity index is 1.93. The number of carboxylic acid groups (broad SMARTS) is 1. The molecule has 0 spiro atoms. The first-order valence-electron chi connectivity index (χ1n) is 6.60. The Morgan fingerprint density at radius 1 is 1.19 bits per heavy atom. The highest BCUT2D eigenvalue weighted by Gasteiger charge is 2.08. The highest BCUT2D eigenvalue weighted by Crippen LogP contribution is 2.09. The van der Waals surface area contributed by atoms with Crippen molar-refractivity contribution in [3.8, 4) is 0 Å². The van der Waals surface area contributed by atoms with E-state index in [0.29, 0.717) is 12.8 Å². The molecule has 0 unspecified atom stereocenters. The number of carbonyl (C=O) groups is 2. The Bertz CT molecular complexity index is 668. The Morgan fingerprint density at radius 2 is 1.95 bits per heavy atom. The van der Waals surface area contributed by atoms with Gasteiger partial charge in [-0.15, -0.1) is 0 Å². The number of aromatic nitrogens is 1. The molecule has 1 heterocycles. The number of anilines is 1. The number of hydrogen-bond acceptors (Lipinski definition) is 3. The van der Waals surface area contributed by atoms with Crippen LogP contribution in [0.4, 0.5) is 5.82 Å². The largest absolute Gasteiger partial charge is 0.477 e. The van der Waals surface area contributed by atoms with E-state index in [0.717, 1.165) is 11.1 Å². The average molecular weight is 284 g/mol. The van der Waals surface area contributed by atoms with Gasteiger partial charge in [-0.2, -0.15) is 0 Å². The van der Waals surface area contributed by atoms with Crippen molar-refractivity contribution in [2.24, 2.45) is 0 Å². The van der Waals surface area contributed by atoms with Gasteiger partial charge in [0.25, 0.3) is 0 Å². The van der Waals surface area contributed by atoms with Crippen molar-refractivity contribution >= 4 is 17.7 Å². The van der Waals surface area contributed by atoms with E-state index in [2.05, 4.69) is 10.3 Å². The third-order valence-electron chi connectivity index (χ3n) is 2.96. The fraction of sp³-hybridized carbons (Fsp3) is 0.188. The van der Waals surface area contributed by atoms with Crippen molar-refractivity contribution in [1.29, 1.82) is 0 Å². The Labute approximate surface area is 122 Å². The molecule has 0 atom stereocenters. The zero-order valence-electron chi connectivity index (χ0n) is 11.7. The molecule has 0 radical (unpaired) electrons. The van der Waals surface area contributed by atoms with Gasteiger partial charge >= 0.3 is 5.97 Å². The maximum atomic E-state index is 11.9. The number of hydrogen-bond donors (Lipinski definition) is 2. The third kappa shape index (κ3) is 4.42. The summed E-state index contributed by atoms with van der Waals surface area (Å²) in [7, 11) is 0. The number of amides is 1. The minimum atomic E-state index is -1.12. The lowest BCUT2D eigenvalue weighted by Gasteiger charge is -2.06. The summed E-state index contributed by atoms with van der Waals surface area (Å²) in [6.45, 7) is 2.00. The Morgan fingerprint density at radius 3 is 2.67 bits per heavy atom. The summed E-state index contributed by atoms with van der Waals surface area (Å²) >= 11 is 0. The second-order valence-corrected chi connectivity index (χ2v) is 4.75. The molecular formula is C16H16N2O3. The number of carboxylic acids is 1. The lowest BCUT2D eigenvalue weighted by molar-refractivity contribution is -0.116. The molecule has 1 aromatic carbocycles. The molecule has 0 bridgehead atoms. The second-order valence-electron chi connectivity index (χ2n) is 4.75. The maximum Gasteiger partial charge on any atom is 0.354 e. The lowest BCUT2D eigenvalue weighted by atomic mass is 10.1. The van der Waals surface area contributed by atoms with Crippen LogP contribution in [0.15, 0.2) is 42.5 Å². The number of pyridine rings is 1. The van der Waals surface area contributed by atoms with Gasteiger partial charge in [-0.1, -0.05) is 35.9 Å². The summed E-state index contributed by atoms with van der Waals surface area (Å²) in [6, 6.07) is 12.5. The van der Waals surface area contributed by atoms with Crippen LogP contribution in [0.5, 0.6) is 0 Å². The summed E-state index contributed by atoms with van der Waals surface area (Å²) in [4.78, 5) is 26.5. The molecule has 108 valence electrons. The number of nitrogens with one attached hydrogen (secondary N) is 1. The molecule has 0 aliphatic carbocycles. The van der Waals surface area contributed by atoms with Crippen molar-refractivity contribution < 1.29 is 14.7 Å². The molecule has 0 saturated heterocycles. The van der Waals surface area contributed by atoms with Crippen LogP contribution in [-0.2, 0) is 11.2 Å².